The molecule has 1 heterocycles. The number of benzene rings is 1. The Morgan fingerprint density at radius 3 is 2.59 bits per heavy atom. The Morgan fingerprint density at radius 2 is 1.94 bits per heavy atom. The Balaban J connectivity index is 2.34. The summed E-state index contributed by atoms with van der Waals surface area (Å²) in [4.78, 5) is 0. The van der Waals surface area contributed by atoms with Gasteiger partial charge in [-0.05, 0) is 44.2 Å². The summed E-state index contributed by atoms with van der Waals surface area (Å²) >= 11 is 0. The van der Waals surface area contributed by atoms with Gasteiger partial charge in [0.15, 0.2) is 5.82 Å². The molecule has 0 spiro atoms. The van der Waals surface area contributed by atoms with E-state index >= 15 is 0 Å². The van der Waals surface area contributed by atoms with E-state index in [1.807, 2.05) is 11.5 Å². The van der Waals surface area contributed by atoms with E-state index in [1.165, 1.54) is 12.1 Å². The summed E-state index contributed by atoms with van der Waals surface area (Å²) < 4.78 is 14.9. The molecule has 5 heteroatoms. The van der Waals surface area contributed by atoms with Crippen LogP contribution in [0.3, 0.4) is 0 Å². The van der Waals surface area contributed by atoms with Crippen LogP contribution in [-0.4, -0.2) is 21.3 Å². The molecule has 0 saturated heterocycles. The molecule has 4 nitrogen and oxygen atoms in total. The highest BCUT2D eigenvalue weighted by Gasteiger charge is 2.10. The van der Waals surface area contributed by atoms with Crippen LogP contribution in [0, 0.1) is 12.7 Å². The molecular formula is C12H15FN4. The number of rotatable bonds is 4. The van der Waals surface area contributed by atoms with Crippen molar-refractivity contribution in [1.29, 1.82) is 0 Å². The van der Waals surface area contributed by atoms with E-state index in [4.69, 9.17) is 5.73 Å². The van der Waals surface area contributed by atoms with Gasteiger partial charge in [0, 0.05) is 12.1 Å². The first-order chi connectivity index (χ1) is 8.22. The van der Waals surface area contributed by atoms with Crippen molar-refractivity contribution in [1.82, 2.24) is 14.8 Å². The van der Waals surface area contributed by atoms with Gasteiger partial charge in [-0.2, -0.15) is 0 Å². The largest absolute Gasteiger partial charge is 0.330 e. The molecule has 0 aliphatic rings. The normalized spacial score (nSPS) is 10.8. The summed E-state index contributed by atoms with van der Waals surface area (Å²) in [5.74, 6) is 1.35. The first-order valence-corrected chi connectivity index (χ1v) is 5.58. The van der Waals surface area contributed by atoms with Gasteiger partial charge in [0.1, 0.15) is 11.6 Å². The second-order valence-electron chi connectivity index (χ2n) is 3.87. The molecule has 0 atom stereocenters. The lowest BCUT2D eigenvalue weighted by atomic mass is 10.2. The van der Waals surface area contributed by atoms with Gasteiger partial charge in [0.2, 0.25) is 0 Å². The monoisotopic (exact) mass is 234 g/mol. The van der Waals surface area contributed by atoms with Gasteiger partial charge in [-0.1, -0.05) is 0 Å². The third-order valence-corrected chi connectivity index (χ3v) is 2.62. The first-order valence-electron chi connectivity index (χ1n) is 5.58. The highest BCUT2D eigenvalue weighted by atomic mass is 19.1. The van der Waals surface area contributed by atoms with E-state index < -0.39 is 0 Å². The second-order valence-corrected chi connectivity index (χ2v) is 3.87. The number of hydrogen-bond acceptors (Lipinski definition) is 3. The van der Waals surface area contributed by atoms with Gasteiger partial charge in [-0.15, -0.1) is 10.2 Å². The average molecular weight is 234 g/mol. The van der Waals surface area contributed by atoms with Crippen LogP contribution in [-0.2, 0) is 6.54 Å². The van der Waals surface area contributed by atoms with Crippen LogP contribution < -0.4 is 5.73 Å². The third-order valence-electron chi connectivity index (χ3n) is 2.62. The molecule has 1 aromatic carbocycles. The molecule has 0 saturated carbocycles. The number of hydrogen-bond donors (Lipinski definition) is 1. The van der Waals surface area contributed by atoms with Crippen LogP contribution in [0.25, 0.3) is 11.4 Å². The van der Waals surface area contributed by atoms with Gasteiger partial charge < -0.3 is 10.3 Å². The second kappa shape index (κ2) is 5.05. The summed E-state index contributed by atoms with van der Waals surface area (Å²) in [6.45, 7) is 3.30. The van der Waals surface area contributed by atoms with Crippen LogP contribution >= 0.6 is 0 Å². The number of aromatic nitrogens is 3. The summed E-state index contributed by atoms with van der Waals surface area (Å²) in [7, 11) is 0. The van der Waals surface area contributed by atoms with Gasteiger partial charge in [0.05, 0.1) is 0 Å². The van der Waals surface area contributed by atoms with Crippen molar-refractivity contribution in [2.45, 2.75) is 19.9 Å². The molecule has 0 aliphatic carbocycles. The molecule has 90 valence electrons. The molecule has 2 rings (SSSR count). The van der Waals surface area contributed by atoms with E-state index in [-0.39, 0.29) is 5.82 Å². The maximum absolute atomic E-state index is 12.9. The van der Waals surface area contributed by atoms with Crippen molar-refractivity contribution < 1.29 is 4.39 Å². The highest BCUT2D eigenvalue weighted by molar-refractivity contribution is 5.55. The minimum atomic E-state index is -0.251. The van der Waals surface area contributed by atoms with Crippen molar-refractivity contribution in [3.05, 3.63) is 35.9 Å². The van der Waals surface area contributed by atoms with Crippen LogP contribution in [0.2, 0.25) is 0 Å². The summed E-state index contributed by atoms with van der Waals surface area (Å²) in [5, 5.41) is 8.16. The zero-order valence-electron chi connectivity index (χ0n) is 9.73. The first kappa shape index (κ1) is 11.7. The molecule has 1 aromatic heterocycles. The smallest absolute Gasteiger partial charge is 0.163 e. The minimum absolute atomic E-state index is 0.251. The fourth-order valence-electron chi connectivity index (χ4n) is 1.71. The van der Waals surface area contributed by atoms with Crippen LogP contribution in [0.1, 0.15) is 12.2 Å². The third kappa shape index (κ3) is 2.50. The molecular weight excluding hydrogens is 219 g/mol. The zero-order valence-corrected chi connectivity index (χ0v) is 9.73. The Morgan fingerprint density at radius 1 is 1.24 bits per heavy atom. The highest BCUT2D eigenvalue weighted by Crippen LogP contribution is 2.18. The average Bonchev–Trinajstić information content (AvgIpc) is 2.69. The lowest BCUT2D eigenvalue weighted by Gasteiger charge is -2.07. The van der Waals surface area contributed by atoms with Gasteiger partial charge in [0.25, 0.3) is 0 Å². The molecule has 0 amide bonds. The van der Waals surface area contributed by atoms with E-state index in [0.29, 0.717) is 6.54 Å². The van der Waals surface area contributed by atoms with Crippen molar-refractivity contribution in [2.24, 2.45) is 5.73 Å². The van der Waals surface area contributed by atoms with Crippen molar-refractivity contribution in [3.8, 4) is 11.4 Å². The molecule has 0 fully saturated rings. The molecule has 2 aromatic rings. The number of nitrogens with zero attached hydrogens (tertiary/aromatic N) is 3. The SMILES string of the molecule is Cc1nnc(-c2ccc(F)cc2)n1CCCN. The van der Waals surface area contributed by atoms with Crippen LogP contribution in [0.4, 0.5) is 4.39 Å². The topological polar surface area (TPSA) is 56.7 Å². The fraction of sp³-hybridized carbons (Fsp3) is 0.333. The molecule has 2 N–H and O–H groups in total. The Hall–Kier alpha value is -1.75. The van der Waals surface area contributed by atoms with Gasteiger partial charge in [-0.3, -0.25) is 0 Å². The van der Waals surface area contributed by atoms with Crippen molar-refractivity contribution >= 4 is 0 Å². The lowest BCUT2D eigenvalue weighted by Crippen LogP contribution is -2.08. The molecule has 17 heavy (non-hydrogen) atoms. The Kier molecular flexibility index (Phi) is 3.49. The molecule has 0 bridgehead atoms. The number of halogens is 1. The van der Waals surface area contributed by atoms with Crippen molar-refractivity contribution in [3.63, 3.8) is 0 Å². The van der Waals surface area contributed by atoms with Crippen LogP contribution in [0.15, 0.2) is 24.3 Å². The summed E-state index contributed by atoms with van der Waals surface area (Å²) in [6, 6.07) is 6.26. The maximum Gasteiger partial charge on any atom is 0.163 e. The molecule has 0 aliphatic heterocycles. The summed E-state index contributed by atoms with van der Waals surface area (Å²) in [6.07, 6.45) is 0.868. The maximum atomic E-state index is 12.9. The van der Waals surface area contributed by atoms with Gasteiger partial charge >= 0.3 is 0 Å². The van der Waals surface area contributed by atoms with Gasteiger partial charge in [-0.25, -0.2) is 4.39 Å². The number of nitrogens with two attached hydrogens (primary N) is 1. The Labute approximate surface area is 99.3 Å². The predicted octanol–water partition coefficient (Wildman–Crippen LogP) is 1.74. The minimum Gasteiger partial charge on any atom is -0.330 e. The molecule has 0 unspecified atom stereocenters. The van der Waals surface area contributed by atoms with E-state index in [9.17, 15) is 4.39 Å². The lowest BCUT2D eigenvalue weighted by molar-refractivity contribution is 0.626. The number of aryl methyl sites for hydroxylation is 1. The van der Waals surface area contributed by atoms with Crippen molar-refractivity contribution in [2.75, 3.05) is 6.54 Å². The standard InChI is InChI=1S/C12H15FN4/c1-9-15-16-12(17(9)8-2-7-14)10-3-5-11(13)6-4-10/h3-6H,2,7-8,14H2,1H3. The predicted molar refractivity (Wildman–Crippen MR) is 63.8 cm³/mol. The quantitative estimate of drug-likeness (QED) is 0.876. The molecule has 0 radical (unpaired) electrons. The zero-order chi connectivity index (χ0) is 12.3. The summed E-state index contributed by atoms with van der Waals surface area (Å²) in [5.41, 5.74) is 6.36. The fourth-order valence-corrected chi connectivity index (χ4v) is 1.71. The van der Waals surface area contributed by atoms with Crippen LogP contribution in [0.5, 0.6) is 0 Å². The van der Waals surface area contributed by atoms with E-state index in [2.05, 4.69) is 10.2 Å². The van der Waals surface area contributed by atoms with E-state index in [0.717, 1.165) is 30.2 Å². The Bertz CT molecular complexity index is 490. The van der Waals surface area contributed by atoms with E-state index in [1.54, 1.807) is 12.1 Å².